The van der Waals surface area contributed by atoms with Crippen molar-refractivity contribution in [3.8, 4) is 0 Å². The number of fused-ring (bicyclic) bond motifs is 1. The highest BCUT2D eigenvalue weighted by molar-refractivity contribution is 6.29. The van der Waals surface area contributed by atoms with Crippen LogP contribution in [0.15, 0.2) is 12.1 Å². The van der Waals surface area contributed by atoms with Crippen LogP contribution < -0.4 is 0 Å². The minimum atomic E-state index is -2.64. The fourth-order valence-corrected chi connectivity index (χ4v) is 2.06. The largest absolute Gasteiger partial charge is 0.303 e. The van der Waals surface area contributed by atoms with Crippen LogP contribution in [0, 0.1) is 6.92 Å². The number of alkyl halides is 2. The van der Waals surface area contributed by atoms with E-state index in [0.29, 0.717) is 17.0 Å². The molecule has 1 fully saturated rings. The van der Waals surface area contributed by atoms with Crippen LogP contribution in [0.25, 0.3) is 11.2 Å². The van der Waals surface area contributed by atoms with Gasteiger partial charge in [0.1, 0.15) is 22.5 Å². The number of hydrogen-bond donors (Lipinski definition) is 0. The van der Waals surface area contributed by atoms with Crippen molar-refractivity contribution in [2.75, 3.05) is 0 Å². The normalized spacial score (nSPS) is 22.6. The maximum absolute atomic E-state index is 13.1. The van der Waals surface area contributed by atoms with E-state index in [4.69, 9.17) is 11.6 Å². The molecule has 1 unspecified atom stereocenters. The van der Waals surface area contributed by atoms with Crippen LogP contribution in [0.4, 0.5) is 8.78 Å². The monoisotopic (exact) mass is 243 g/mol. The Morgan fingerprint density at radius 2 is 2.12 bits per heavy atom. The Labute approximate surface area is 95.1 Å². The molecule has 16 heavy (non-hydrogen) atoms. The zero-order valence-electron chi connectivity index (χ0n) is 8.41. The Balaban J connectivity index is 2.23. The van der Waals surface area contributed by atoms with Crippen molar-refractivity contribution in [1.82, 2.24) is 14.5 Å². The van der Waals surface area contributed by atoms with Crippen molar-refractivity contribution in [3.05, 3.63) is 23.1 Å². The lowest BCUT2D eigenvalue weighted by Gasteiger charge is -2.04. The number of pyridine rings is 1. The van der Waals surface area contributed by atoms with Crippen LogP contribution in [0.5, 0.6) is 0 Å². The molecule has 84 valence electrons. The zero-order valence-corrected chi connectivity index (χ0v) is 9.17. The Hall–Kier alpha value is -1.23. The average molecular weight is 244 g/mol. The van der Waals surface area contributed by atoms with Crippen LogP contribution in [0.2, 0.25) is 5.15 Å². The van der Waals surface area contributed by atoms with Gasteiger partial charge in [-0.2, -0.15) is 0 Å². The van der Waals surface area contributed by atoms with Crippen molar-refractivity contribution >= 4 is 22.8 Å². The third-order valence-electron chi connectivity index (χ3n) is 2.78. The van der Waals surface area contributed by atoms with Gasteiger partial charge in [0.05, 0.1) is 0 Å². The molecule has 2 aromatic rings. The average Bonchev–Trinajstić information content (AvgIpc) is 2.68. The van der Waals surface area contributed by atoms with Gasteiger partial charge in [0.25, 0.3) is 5.92 Å². The zero-order chi connectivity index (χ0) is 11.5. The van der Waals surface area contributed by atoms with Crippen molar-refractivity contribution in [3.63, 3.8) is 0 Å². The van der Waals surface area contributed by atoms with Gasteiger partial charge in [0, 0.05) is 6.42 Å². The summed E-state index contributed by atoms with van der Waals surface area (Å²) in [6.07, 6.45) is -0.145. The highest BCUT2D eigenvalue weighted by atomic mass is 35.5. The van der Waals surface area contributed by atoms with Crippen LogP contribution in [0.3, 0.4) is 0 Å². The summed E-state index contributed by atoms with van der Waals surface area (Å²) in [7, 11) is 0. The van der Waals surface area contributed by atoms with E-state index in [9.17, 15) is 8.78 Å². The van der Waals surface area contributed by atoms with Gasteiger partial charge in [-0.15, -0.1) is 0 Å². The Morgan fingerprint density at radius 3 is 2.75 bits per heavy atom. The summed E-state index contributed by atoms with van der Waals surface area (Å²) in [5.41, 5.74) is 1.04. The maximum Gasteiger partial charge on any atom is 0.270 e. The summed E-state index contributed by atoms with van der Waals surface area (Å²) in [5.74, 6) is -2.09. The number of imidazole rings is 1. The van der Waals surface area contributed by atoms with Gasteiger partial charge in [-0.25, -0.2) is 18.7 Å². The molecule has 2 heterocycles. The molecule has 0 aromatic carbocycles. The molecule has 6 heteroatoms. The molecule has 0 saturated heterocycles. The lowest BCUT2D eigenvalue weighted by molar-refractivity contribution is 0.101. The third kappa shape index (κ3) is 1.31. The van der Waals surface area contributed by atoms with E-state index in [1.54, 1.807) is 19.1 Å². The molecule has 0 bridgehead atoms. The molecule has 1 atom stereocenters. The van der Waals surface area contributed by atoms with Crippen LogP contribution in [-0.2, 0) is 0 Å². The van der Waals surface area contributed by atoms with E-state index in [1.165, 1.54) is 4.57 Å². The quantitative estimate of drug-likeness (QED) is 0.721. The molecule has 0 N–H and O–H groups in total. The molecule has 0 spiro atoms. The summed E-state index contributed by atoms with van der Waals surface area (Å²) >= 11 is 5.76. The number of aromatic nitrogens is 3. The fourth-order valence-electron chi connectivity index (χ4n) is 1.92. The van der Waals surface area contributed by atoms with E-state index in [0.717, 1.165) is 0 Å². The maximum atomic E-state index is 13.1. The van der Waals surface area contributed by atoms with Crippen molar-refractivity contribution in [2.24, 2.45) is 0 Å². The van der Waals surface area contributed by atoms with Gasteiger partial charge < -0.3 is 4.57 Å². The summed E-state index contributed by atoms with van der Waals surface area (Å²) in [6, 6.07) is 2.48. The minimum Gasteiger partial charge on any atom is -0.303 e. The highest BCUT2D eigenvalue weighted by Crippen LogP contribution is 2.53. The van der Waals surface area contributed by atoms with E-state index in [1.807, 2.05) is 0 Å². The molecule has 0 amide bonds. The van der Waals surface area contributed by atoms with Crippen molar-refractivity contribution < 1.29 is 8.78 Å². The molecule has 3 nitrogen and oxygen atoms in total. The molecule has 3 rings (SSSR count). The predicted molar refractivity (Wildman–Crippen MR) is 55.9 cm³/mol. The minimum absolute atomic E-state index is 0.145. The number of hydrogen-bond acceptors (Lipinski definition) is 2. The van der Waals surface area contributed by atoms with Crippen LogP contribution in [0.1, 0.15) is 18.3 Å². The topological polar surface area (TPSA) is 30.7 Å². The van der Waals surface area contributed by atoms with E-state index in [2.05, 4.69) is 9.97 Å². The van der Waals surface area contributed by atoms with Crippen LogP contribution in [-0.4, -0.2) is 20.5 Å². The second-order valence-corrected chi connectivity index (χ2v) is 4.37. The molecular formula is C10H8ClF2N3. The molecule has 0 aliphatic heterocycles. The lowest BCUT2D eigenvalue weighted by atomic mass is 10.4. The summed E-state index contributed by atoms with van der Waals surface area (Å²) in [5, 5.41) is 0.289. The second kappa shape index (κ2) is 2.91. The first-order chi connectivity index (χ1) is 7.49. The van der Waals surface area contributed by atoms with Gasteiger partial charge >= 0.3 is 0 Å². The van der Waals surface area contributed by atoms with Crippen molar-refractivity contribution in [1.29, 1.82) is 0 Å². The van der Waals surface area contributed by atoms with Gasteiger partial charge in [-0.1, -0.05) is 11.6 Å². The third-order valence-corrected chi connectivity index (χ3v) is 2.99. The van der Waals surface area contributed by atoms with E-state index < -0.39 is 12.0 Å². The molecule has 1 aliphatic carbocycles. The second-order valence-electron chi connectivity index (χ2n) is 3.99. The molecule has 1 saturated carbocycles. The standard InChI is InChI=1S/C10H8ClF2N3/c1-5-14-6-2-3-8(11)15-9(6)16(5)7-4-10(7,12)13/h2-3,7H,4H2,1H3. The SMILES string of the molecule is Cc1nc2ccc(Cl)nc2n1C1CC1(F)F. The van der Waals surface area contributed by atoms with Gasteiger partial charge in [-0.3, -0.25) is 0 Å². The number of aryl methyl sites for hydroxylation is 1. The fraction of sp³-hybridized carbons (Fsp3) is 0.400. The molecular weight excluding hydrogens is 236 g/mol. The van der Waals surface area contributed by atoms with Gasteiger partial charge in [-0.05, 0) is 19.1 Å². The first-order valence-corrected chi connectivity index (χ1v) is 5.26. The highest BCUT2D eigenvalue weighted by Gasteiger charge is 2.59. The summed E-state index contributed by atoms with van der Waals surface area (Å²) in [4.78, 5) is 8.25. The van der Waals surface area contributed by atoms with Gasteiger partial charge in [0.2, 0.25) is 0 Å². The first-order valence-electron chi connectivity index (χ1n) is 4.88. The smallest absolute Gasteiger partial charge is 0.270 e. The Bertz CT molecular complexity index is 579. The van der Waals surface area contributed by atoms with Crippen LogP contribution >= 0.6 is 11.6 Å². The Morgan fingerprint density at radius 1 is 1.44 bits per heavy atom. The van der Waals surface area contributed by atoms with Crippen molar-refractivity contribution in [2.45, 2.75) is 25.3 Å². The predicted octanol–water partition coefficient (Wildman–Crippen LogP) is 2.97. The lowest BCUT2D eigenvalue weighted by Crippen LogP contribution is -2.05. The van der Waals surface area contributed by atoms with Gasteiger partial charge in [0.15, 0.2) is 5.65 Å². The van der Waals surface area contributed by atoms with E-state index in [-0.39, 0.29) is 11.6 Å². The summed E-state index contributed by atoms with van der Waals surface area (Å²) < 4.78 is 27.6. The summed E-state index contributed by atoms with van der Waals surface area (Å²) in [6.45, 7) is 1.70. The number of halogens is 3. The van der Waals surface area contributed by atoms with E-state index >= 15 is 0 Å². The molecule has 0 radical (unpaired) electrons. The Kier molecular flexibility index (Phi) is 1.81. The molecule has 2 aromatic heterocycles. The number of rotatable bonds is 1. The number of nitrogens with zero attached hydrogens (tertiary/aromatic N) is 3. The first kappa shape index (κ1) is 9.96. The molecule has 1 aliphatic rings.